The number of nitrogens with one attached hydrogen (secondary N) is 1. The maximum atomic E-state index is 12.6. The summed E-state index contributed by atoms with van der Waals surface area (Å²) in [5.41, 5.74) is 0.190. The van der Waals surface area contributed by atoms with Crippen molar-refractivity contribution < 1.29 is 22.7 Å². The lowest BCUT2D eigenvalue weighted by Crippen LogP contribution is -2.45. The molecule has 1 heterocycles. The normalized spacial score (nSPS) is 17.3. The highest BCUT2D eigenvalue weighted by Crippen LogP contribution is 2.31. The Labute approximate surface area is 137 Å². The predicted octanol–water partition coefficient (Wildman–Crippen LogP) is 3.76. The number of hydrogen-bond acceptors (Lipinski definition) is 4. The van der Waals surface area contributed by atoms with E-state index in [1.165, 1.54) is 18.4 Å². The highest BCUT2D eigenvalue weighted by atomic mass is 19.4. The molecule has 1 aliphatic carbocycles. The number of halogens is 3. The van der Waals surface area contributed by atoms with Crippen LogP contribution in [-0.4, -0.2) is 22.2 Å². The minimum Gasteiger partial charge on any atom is -0.444 e. The van der Waals surface area contributed by atoms with Gasteiger partial charge in [-0.15, -0.1) is 0 Å². The Morgan fingerprint density at radius 3 is 2.42 bits per heavy atom. The van der Waals surface area contributed by atoms with Crippen LogP contribution in [0.3, 0.4) is 0 Å². The number of hydrogen-bond donors (Lipinski definition) is 2. The molecule has 1 aromatic carbocycles. The van der Waals surface area contributed by atoms with E-state index >= 15 is 0 Å². The topological polar surface area (TPSA) is 58.3 Å². The minimum atomic E-state index is -4.36. The van der Waals surface area contributed by atoms with Gasteiger partial charge in [-0.2, -0.15) is 13.2 Å². The number of aliphatic hydroxyl groups excluding tert-OH is 1. The van der Waals surface area contributed by atoms with Gasteiger partial charge in [-0.05, 0) is 37.1 Å². The van der Waals surface area contributed by atoms with Gasteiger partial charge < -0.3 is 14.8 Å². The van der Waals surface area contributed by atoms with E-state index in [2.05, 4.69) is 10.3 Å². The molecule has 0 aliphatic heterocycles. The molecule has 0 unspecified atom stereocenters. The zero-order valence-corrected chi connectivity index (χ0v) is 13.1. The molecular formula is C17H19F3N2O2. The van der Waals surface area contributed by atoms with Crippen LogP contribution in [-0.2, 0) is 12.7 Å². The summed E-state index contributed by atoms with van der Waals surface area (Å²) in [7, 11) is 0. The fourth-order valence-electron chi connectivity index (χ4n) is 3.04. The Morgan fingerprint density at radius 2 is 1.83 bits per heavy atom. The molecule has 0 saturated heterocycles. The summed E-state index contributed by atoms with van der Waals surface area (Å²) >= 11 is 0. The third-order valence-corrected chi connectivity index (χ3v) is 4.52. The first kappa shape index (κ1) is 17.0. The predicted molar refractivity (Wildman–Crippen MR) is 82.1 cm³/mol. The van der Waals surface area contributed by atoms with Crippen molar-refractivity contribution in [1.29, 1.82) is 0 Å². The molecule has 1 aromatic heterocycles. The summed E-state index contributed by atoms with van der Waals surface area (Å²) in [5.74, 6) is 0.282. The molecule has 2 aromatic rings. The number of rotatable bonds is 5. The van der Waals surface area contributed by atoms with Gasteiger partial charge in [0.15, 0.2) is 0 Å². The zero-order valence-electron chi connectivity index (χ0n) is 13.1. The maximum absolute atomic E-state index is 12.6. The van der Waals surface area contributed by atoms with Crippen LogP contribution in [0.4, 0.5) is 13.2 Å². The first-order valence-electron chi connectivity index (χ1n) is 7.90. The molecule has 130 valence electrons. The highest BCUT2D eigenvalue weighted by molar-refractivity contribution is 5.54. The van der Waals surface area contributed by atoms with Crippen molar-refractivity contribution in [3.63, 3.8) is 0 Å². The van der Waals surface area contributed by atoms with E-state index in [1.807, 2.05) is 0 Å². The van der Waals surface area contributed by atoms with Crippen molar-refractivity contribution in [3.8, 4) is 11.5 Å². The van der Waals surface area contributed by atoms with Crippen molar-refractivity contribution in [1.82, 2.24) is 10.3 Å². The molecule has 4 nitrogen and oxygen atoms in total. The van der Waals surface area contributed by atoms with Gasteiger partial charge in [-0.25, -0.2) is 4.98 Å². The Hall–Kier alpha value is -1.86. The molecule has 7 heteroatoms. The summed E-state index contributed by atoms with van der Waals surface area (Å²) < 4.78 is 43.1. The largest absolute Gasteiger partial charge is 0.444 e. The summed E-state index contributed by atoms with van der Waals surface area (Å²) in [4.78, 5) is 4.31. The van der Waals surface area contributed by atoms with E-state index in [-0.39, 0.29) is 18.0 Å². The number of aliphatic hydroxyl groups is 1. The molecule has 0 spiro atoms. The van der Waals surface area contributed by atoms with Crippen molar-refractivity contribution in [2.24, 2.45) is 0 Å². The summed E-state index contributed by atoms with van der Waals surface area (Å²) in [5, 5.41) is 12.9. The van der Waals surface area contributed by atoms with Gasteiger partial charge >= 0.3 is 6.18 Å². The third-order valence-electron chi connectivity index (χ3n) is 4.52. The molecule has 1 aliphatic rings. The van der Waals surface area contributed by atoms with E-state index in [1.54, 1.807) is 0 Å². The highest BCUT2D eigenvalue weighted by Gasteiger charge is 2.33. The van der Waals surface area contributed by atoms with Gasteiger partial charge in [-0.1, -0.05) is 12.8 Å². The van der Waals surface area contributed by atoms with E-state index in [0.29, 0.717) is 17.8 Å². The Balaban J connectivity index is 1.67. The van der Waals surface area contributed by atoms with E-state index in [0.717, 1.165) is 37.8 Å². The van der Waals surface area contributed by atoms with Gasteiger partial charge in [0.2, 0.25) is 5.89 Å². The van der Waals surface area contributed by atoms with Crippen LogP contribution in [0.5, 0.6) is 0 Å². The van der Waals surface area contributed by atoms with Crippen LogP contribution in [0.25, 0.3) is 11.5 Å². The van der Waals surface area contributed by atoms with Crippen molar-refractivity contribution in [2.75, 3.05) is 6.61 Å². The number of alkyl halides is 3. The average Bonchev–Trinajstić information content (AvgIpc) is 3.22. The SMILES string of the molecule is OCC1(NCc2coc(-c3ccc(C(F)(F)F)cc3)n2)CCCC1. The number of benzene rings is 1. The number of aromatic nitrogens is 1. The Morgan fingerprint density at radius 1 is 1.17 bits per heavy atom. The Kier molecular flexibility index (Phi) is 4.64. The number of nitrogens with zero attached hydrogens (tertiary/aromatic N) is 1. The quantitative estimate of drug-likeness (QED) is 0.870. The van der Waals surface area contributed by atoms with Crippen molar-refractivity contribution >= 4 is 0 Å². The van der Waals surface area contributed by atoms with Gasteiger partial charge in [0.1, 0.15) is 6.26 Å². The van der Waals surface area contributed by atoms with Gasteiger partial charge in [0.05, 0.1) is 17.9 Å². The Bertz CT molecular complexity index is 674. The molecule has 1 saturated carbocycles. The average molecular weight is 340 g/mol. The molecule has 0 atom stereocenters. The zero-order chi connectivity index (χ0) is 17.2. The second-order valence-electron chi connectivity index (χ2n) is 6.22. The number of oxazole rings is 1. The van der Waals surface area contributed by atoms with Gasteiger partial charge in [0.25, 0.3) is 0 Å². The molecule has 2 N–H and O–H groups in total. The van der Waals surface area contributed by atoms with Gasteiger partial charge in [-0.3, -0.25) is 0 Å². The standard InChI is InChI=1S/C17H19F3N2O2/c18-17(19,20)13-5-3-12(4-6-13)15-22-14(10-24-15)9-21-16(11-23)7-1-2-8-16/h3-6,10,21,23H,1-2,7-9,11H2. The minimum absolute atomic E-state index is 0.0800. The van der Waals surface area contributed by atoms with Crippen LogP contribution in [0.15, 0.2) is 34.9 Å². The maximum Gasteiger partial charge on any atom is 0.416 e. The molecule has 24 heavy (non-hydrogen) atoms. The summed E-state index contributed by atoms with van der Waals surface area (Å²) in [6, 6.07) is 4.71. The fraction of sp³-hybridized carbons (Fsp3) is 0.471. The molecule has 3 rings (SSSR count). The molecule has 0 amide bonds. The lowest BCUT2D eigenvalue weighted by Gasteiger charge is -2.27. The molecule has 1 fully saturated rings. The third kappa shape index (κ3) is 3.62. The van der Waals surface area contributed by atoms with Crippen LogP contribution in [0.1, 0.15) is 36.9 Å². The smallest absolute Gasteiger partial charge is 0.416 e. The van der Waals surface area contributed by atoms with Crippen molar-refractivity contribution in [3.05, 3.63) is 41.8 Å². The lowest BCUT2D eigenvalue weighted by atomic mass is 9.99. The second-order valence-corrected chi connectivity index (χ2v) is 6.22. The van der Waals surface area contributed by atoms with Gasteiger partial charge in [0, 0.05) is 17.6 Å². The first-order chi connectivity index (χ1) is 11.4. The van der Waals surface area contributed by atoms with E-state index < -0.39 is 11.7 Å². The molecule has 0 bridgehead atoms. The lowest BCUT2D eigenvalue weighted by molar-refractivity contribution is -0.137. The van der Waals surface area contributed by atoms with Crippen molar-refractivity contribution in [2.45, 2.75) is 43.9 Å². The van der Waals surface area contributed by atoms with E-state index in [9.17, 15) is 18.3 Å². The van der Waals surface area contributed by atoms with Crippen LogP contribution in [0, 0.1) is 0 Å². The first-order valence-corrected chi connectivity index (χ1v) is 7.90. The fourth-order valence-corrected chi connectivity index (χ4v) is 3.04. The summed E-state index contributed by atoms with van der Waals surface area (Å²) in [6.07, 6.45) is 1.15. The second kappa shape index (κ2) is 6.57. The van der Waals surface area contributed by atoms with Crippen LogP contribution >= 0.6 is 0 Å². The summed E-state index contributed by atoms with van der Waals surface area (Å²) in [6.45, 7) is 0.529. The molecular weight excluding hydrogens is 321 g/mol. The molecule has 0 radical (unpaired) electrons. The van der Waals surface area contributed by atoms with Crippen LogP contribution < -0.4 is 5.32 Å². The van der Waals surface area contributed by atoms with Crippen LogP contribution in [0.2, 0.25) is 0 Å². The van der Waals surface area contributed by atoms with E-state index in [4.69, 9.17) is 4.42 Å². The monoisotopic (exact) mass is 340 g/mol.